The lowest BCUT2D eigenvalue weighted by molar-refractivity contribution is -0.141. The van der Waals surface area contributed by atoms with Gasteiger partial charge in [0.2, 0.25) is 0 Å². The summed E-state index contributed by atoms with van der Waals surface area (Å²) >= 11 is 5.84. The number of carbonyl (C=O) groups is 1. The van der Waals surface area contributed by atoms with Crippen LogP contribution in [-0.4, -0.2) is 56.3 Å². The highest BCUT2D eigenvalue weighted by Gasteiger charge is 2.26. The number of phenols is 1. The number of aliphatic hydroxyl groups is 1. The average molecular weight is 461 g/mol. The molecule has 0 spiro atoms. The van der Waals surface area contributed by atoms with Gasteiger partial charge < -0.3 is 25.2 Å². The van der Waals surface area contributed by atoms with Crippen LogP contribution in [-0.2, 0) is 4.79 Å². The van der Waals surface area contributed by atoms with Crippen LogP contribution in [0.5, 0.6) is 11.5 Å². The monoisotopic (exact) mass is 460 g/mol. The van der Waals surface area contributed by atoms with Gasteiger partial charge in [-0.1, -0.05) is 17.7 Å². The Labute approximate surface area is 188 Å². The maximum absolute atomic E-state index is 14.3. The Balaban J connectivity index is 1.52. The fraction of sp³-hybridized carbons (Fsp3) is 0.318. The lowest BCUT2D eigenvalue weighted by Gasteiger charge is -2.33. The lowest BCUT2D eigenvalue weighted by atomic mass is 10.1. The van der Waals surface area contributed by atoms with Gasteiger partial charge in [0.1, 0.15) is 24.4 Å². The van der Waals surface area contributed by atoms with Crippen molar-refractivity contribution in [2.45, 2.75) is 32.0 Å². The normalized spacial score (nSPS) is 15.6. The first-order valence-corrected chi connectivity index (χ1v) is 10.5. The van der Waals surface area contributed by atoms with E-state index in [0.29, 0.717) is 42.7 Å². The molecule has 32 heavy (non-hydrogen) atoms. The topological polar surface area (TPSA) is 108 Å². The number of amides is 1. The SMILES string of the molecule is CC(O)C(=O)N1CCC(Oc2cc3ncnc(Nc4cccc(Cl)c4F)c3cc2O)CC1. The molecule has 1 atom stereocenters. The van der Waals surface area contributed by atoms with E-state index in [1.807, 2.05) is 0 Å². The minimum absolute atomic E-state index is 0.0203. The van der Waals surface area contributed by atoms with E-state index in [9.17, 15) is 19.4 Å². The van der Waals surface area contributed by atoms with Crippen LogP contribution in [0.25, 0.3) is 10.9 Å². The van der Waals surface area contributed by atoms with Crippen LogP contribution in [0.4, 0.5) is 15.9 Å². The summed E-state index contributed by atoms with van der Waals surface area (Å²) in [7, 11) is 0. The number of hydrogen-bond donors (Lipinski definition) is 3. The van der Waals surface area contributed by atoms with Gasteiger partial charge in [0.15, 0.2) is 17.3 Å². The van der Waals surface area contributed by atoms with Gasteiger partial charge in [-0.2, -0.15) is 0 Å². The van der Waals surface area contributed by atoms with Gasteiger partial charge in [-0.3, -0.25) is 4.79 Å². The Morgan fingerprint density at radius 1 is 1.31 bits per heavy atom. The zero-order valence-corrected chi connectivity index (χ0v) is 18.0. The van der Waals surface area contributed by atoms with Gasteiger partial charge in [0.05, 0.1) is 16.2 Å². The van der Waals surface area contributed by atoms with Gasteiger partial charge in [0.25, 0.3) is 5.91 Å². The lowest BCUT2D eigenvalue weighted by Crippen LogP contribution is -2.45. The van der Waals surface area contributed by atoms with Crippen LogP contribution in [0.2, 0.25) is 5.02 Å². The predicted molar refractivity (Wildman–Crippen MR) is 118 cm³/mol. The van der Waals surface area contributed by atoms with Crippen molar-refractivity contribution in [2.24, 2.45) is 0 Å². The largest absolute Gasteiger partial charge is 0.504 e. The number of aromatic hydroxyl groups is 1. The second-order valence-electron chi connectivity index (χ2n) is 7.60. The number of anilines is 2. The molecule has 0 aliphatic carbocycles. The summed E-state index contributed by atoms with van der Waals surface area (Å²) < 4.78 is 20.2. The molecule has 1 fully saturated rings. The average Bonchev–Trinajstić information content (AvgIpc) is 2.78. The molecule has 2 aromatic carbocycles. The third-order valence-electron chi connectivity index (χ3n) is 5.33. The summed E-state index contributed by atoms with van der Waals surface area (Å²) in [6.45, 7) is 2.37. The molecule has 1 aliphatic rings. The number of fused-ring (bicyclic) bond motifs is 1. The molecule has 1 aliphatic heterocycles. The number of hydrogen-bond acceptors (Lipinski definition) is 7. The molecule has 3 aromatic rings. The fourth-order valence-electron chi connectivity index (χ4n) is 3.63. The molecule has 0 saturated carbocycles. The Hall–Kier alpha value is -3.17. The first-order valence-electron chi connectivity index (χ1n) is 10.2. The van der Waals surface area contributed by atoms with Crippen LogP contribution in [0.15, 0.2) is 36.7 Å². The standard InChI is InChI=1S/C22H22ClFN4O4/c1-12(29)22(31)28-7-5-13(6-8-28)32-19-10-17-14(9-18(19)30)21(26-11-25-17)27-16-4-2-3-15(23)20(16)24/h2-4,9-13,29-30H,5-8H2,1H3,(H,25,26,27). The third-order valence-corrected chi connectivity index (χ3v) is 5.62. The Kier molecular flexibility index (Phi) is 6.29. The van der Waals surface area contributed by atoms with Crippen molar-refractivity contribution in [3.63, 3.8) is 0 Å². The summed E-state index contributed by atoms with van der Waals surface area (Å²) in [5, 5.41) is 23.3. The van der Waals surface area contributed by atoms with E-state index < -0.39 is 11.9 Å². The van der Waals surface area contributed by atoms with E-state index >= 15 is 0 Å². The van der Waals surface area contributed by atoms with Gasteiger partial charge in [-0.25, -0.2) is 14.4 Å². The van der Waals surface area contributed by atoms with Gasteiger partial charge >= 0.3 is 0 Å². The van der Waals surface area contributed by atoms with E-state index in [1.165, 1.54) is 31.5 Å². The van der Waals surface area contributed by atoms with Crippen molar-refractivity contribution >= 4 is 39.9 Å². The maximum Gasteiger partial charge on any atom is 0.251 e. The molecule has 3 N–H and O–H groups in total. The number of benzene rings is 2. The summed E-state index contributed by atoms with van der Waals surface area (Å²) in [4.78, 5) is 21.9. The van der Waals surface area contributed by atoms with Crippen LogP contribution >= 0.6 is 11.6 Å². The number of rotatable bonds is 5. The number of nitrogens with one attached hydrogen (secondary N) is 1. The van der Waals surface area contributed by atoms with Crippen LogP contribution < -0.4 is 10.1 Å². The van der Waals surface area contributed by atoms with Crippen LogP contribution in [0.1, 0.15) is 19.8 Å². The van der Waals surface area contributed by atoms with Crippen LogP contribution in [0.3, 0.4) is 0 Å². The van der Waals surface area contributed by atoms with Crippen molar-refractivity contribution in [1.29, 1.82) is 0 Å². The van der Waals surface area contributed by atoms with E-state index in [1.54, 1.807) is 17.0 Å². The quantitative estimate of drug-likeness (QED) is 0.533. The molecular weight excluding hydrogens is 439 g/mol. The molecule has 0 bridgehead atoms. The second kappa shape index (κ2) is 9.13. The number of aliphatic hydroxyl groups excluding tert-OH is 1. The molecule has 8 nitrogen and oxygen atoms in total. The molecule has 1 unspecified atom stereocenters. The van der Waals surface area contributed by atoms with E-state index in [-0.39, 0.29) is 34.2 Å². The zero-order chi connectivity index (χ0) is 22.8. The summed E-state index contributed by atoms with van der Waals surface area (Å²) in [5.74, 6) is -0.445. The highest BCUT2D eigenvalue weighted by molar-refractivity contribution is 6.31. The number of nitrogens with zero attached hydrogens (tertiary/aromatic N) is 3. The Bertz CT molecular complexity index is 1150. The highest BCUT2D eigenvalue weighted by Crippen LogP contribution is 2.36. The predicted octanol–water partition coefficient (Wildman–Crippen LogP) is 3.62. The van der Waals surface area contributed by atoms with E-state index in [4.69, 9.17) is 16.3 Å². The maximum atomic E-state index is 14.3. The number of aromatic nitrogens is 2. The second-order valence-corrected chi connectivity index (χ2v) is 8.01. The molecule has 1 amide bonds. The Morgan fingerprint density at radius 2 is 2.06 bits per heavy atom. The van der Waals surface area contributed by atoms with Gasteiger partial charge in [-0.05, 0) is 25.1 Å². The zero-order valence-electron chi connectivity index (χ0n) is 17.3. The molecule has 168 valence electrons. The first kappa shape index (κ1) is 22.0. The number of ether oxygens (including phenoxy) is 1. The highest BCUT2D eigenvalue weighted by atomic mass is 35.5. The van der Waals surface area contributed by atoms with Crippen LogP contribution in [0, 0.1) is 5.82 Å². The molecular formula is C22H22ClFN4O4. The molecule has 1 saturated heterocycles. The first-order chi connectivity index (χ1) is 15.3. The minimum atomic E-state index is -1.03. The van der Waals surface area contributed by atoms with Crippen molar-refractivity contribution in [3.8, 4) is 11.5 Å². The fourth-order valence-corrected chi connectivity index (χ4v) is 3.81. The molecule has 4 rings (SSSR count). The number of phenolic OH excluding ortho intramolecular Hbond substituents is 1. The van der Waals surface area contributed by atoms with Crippen molar-refractivity contribution in [3.05, 3.63) is 47.5 Å². The van der Waals surface area contributed by atoms with Crippen molar-refractivity contribution < 1.29 is 24.1 Å². The van der Waals surface area contributed by atoms with E-state index in [2.05, 4.69) is 15.3 Å². The van der Waals surface area contributed by atoms with Crippen molar-refractivity contribution in [1.82, 2.24) is 14.9 Å². The minimum Gasteiger partial charge on any atom is -0.504 e. The number of carbonyl (C=O) groups excluding carboxylic acids is 1. The number of piperidine rings is 1. The number of halogens is 2. The molecule has 10 heteroatoms. The number of likely N-dealkylation sites (tertiary alicyclic amines) is 1. The summed E-state index contributed by atoms with van der Waals surface area (Å²) in [5.41, 5.74) is 0.648. The third kappa shape index (κ3) is 4.53. The van der Waals surface area contributed by atoms with Gasteiger partial charge in [0, 0.05) is 37.4 Å². The Morgan fingerprint density at radius 3 is 2.78 bits per heavy atom. The molecule has 0 radical (unpaired) electrons. The summed E-state index contributed by atoms with van der Waals surface area (Å²) in [6, 6.07) is 7.64. The van der Waals surface area contributed by atoms with E-state index in [0.717, 1.165) is 0 Å². The van der Waals surface area contributed by atoms with Crippen molar-refractivity contribution in [2.75, 3.05) is 18.4 Å². The molecule has 1 aromatic heterocycles. The smallest absolute Gasteiger partial charge is 0.251 e. The molecule has 2 heterocycles. The summed E-state index contributed by atoms with van der Waals surface area (Å²) in [6.07, 6.45) is 1.24. The van der Waals surface area contributed by atoms with Gasteiger partial charge in [-0.15, -0.1) is 0 Å².